The first kappa shape index (κ1) is 16.5. The second-order valence-corrected chi connectivity index (χ2v) is 7.65. The molecule has 27 heavy (non-hydrogen) atoms. The fourth-order valence-electron chi connectivity index (χ4n) is 4.39. The van der Waals surface area contributed by atoms with Gasteiger partial charge >= 0.3 is 0 Å². The van der Waals surface area contributed by atoms with Gasteiger partial charge < -0.3 is 9.47 Å². The molecule has 0 aliphatic carbocycles. The summed E-state index contributed by atoms with van der Waals surface area (Å²) < 4.78 is 18.5. The Hall–Kier alpha value is -2.66. The zero-order chi connectivity index (χ0) is 18.5. The lowest BCUT2D eigenvalue weighted by atomic mass is 10.1. The molecule has 5 rings (SSSR count). The number of fused-ring (bicyclic) bond motifs is 2. The number of hydrogen-bond acceptors (Lipinski definition) is 2. The molecule has 0 unspecified atom stereocenters. The van der Waals surface area contributed by atoms with E-state index in [1.807, 2.05) is 31.5 Å². The van der Waals surface area contributed by atoms with Gasteiger partial charge in [-0.1, -0.05) is 12.1 Å². The minimum absolute atomic E-state index is 0.177. The summed E-state index contributed by atoms with van der Waals surface area (Å²) in [7, 11) is 2.17. The van der Waals surface area contributed by atoms with Crippen LogP contribution in [-0.4, -0.2) is 39.4 Å². The van der Waals surface area contributed by atoms with Crippen LogP contribution >= 0.6 is 0 Å². The molecule has 0 amide bonds. The molecule has 0 radical (unpaired) electrons. The Morgan fingerprint density at radius 1 is 1.04 bits per heavy atom. The van der Waals surface area contributed by atoms with E-state index in [1.54, 1.807) is 6.07 Å². The topological polar surface area (TPSA) is 26.0 Å². The average molecular weight is 362 g/mol. The van der Waals surface area contributed by atoms with E-state index in [1.165, 1.54) is 0 Å². The lowest BCUT2D eigenvalue weighted by Gasteiger charge is -2.29. The summed E-state index contributed by atoms with van der Waals surface area (Å²) in [5.41, 5.74) is 4.19. The van der Waals surface area contributed by atoms with E-state index >= 15 is 0 Å². The van der Waals surface area contributed by atoms with Gasteiger partial charge in [-0.25, -0.2) is 4.39 Å². The first-order chi connectivity index (χ1) is 13.1. The molecule has 0 bridgehead atoms. The molecule has 0 saturated carbocycles. The van der Waals surface area contributed by atoms with Crippen LogP contribution in [0.15, 0.2) is 48.8 Å². The van der Waals surface area contributed by atoms with Crippen LogP contribution in [0.3, 0.4) is 0 Å². The molecule has 4 nitrogen and oxygen atoms in total. The SMILES string of the molecule is Cc1ccc(F)c2ccn(-c3cccc4c3cnn4C3CCN(C)CC3)c12. The van der Waals surface area contributed by atoms with Gasteiger partial charge in [-0.15, -0.1) is 0 Å². The molecule has 2 aromatic carbocycles. The third-order valence-corrected chi connectivity index (χ3v) is 5.91. The quantitative estimate of drug-likeness (QED) is 0.517. The molecule has 0 spiro atoms. The summed E-state index contributed by atoms with van der Waals surface area (Å²) in [6, 6.07) is 12.0. The highest BCUT2D eigenvalue weighted by Crippen LogP contribution is 2.32. The summed E-state index contributed by atoms with van der Waals surface area (Å²) in [4.78, 5) is 2.37. The van der Waals surface area contributed by atoms with Gasteiger partial charge in [0.25, 0.3) is 0 Å². The number of aromatic nitrogens is 3. The summed E-state index contributed by atoms with van der Waals surface area (Å²) in [6.07, 6.45) is 6.16. The normalized spacial score (nSPS) is 16.6. The number of rotatable bonds is 2. The van der Waals surface area contributed by atoms with Gasteiger partial charge in [-0.2, -0.15) is 5.10 Å². The van der Waals surface area contributed by atoms with E-state index in [0.717, 1.165) is 53.6 Å². The Labute approximate surface area is 157 Å². The highest BCUT2D eigenvalue weighted by Gasteiger charge is 2.21. The van der Waals surface area contributed by atoms with Crippen molar-refractivity contribution in [2.75, 3.05) is 20.1 Å². The molecular weight excluding hydrogens is 339 g/mol. The highest BCUT2D eigenvalue weighted by atomic mass is 19.1. The third-order valence-electron chi connectivity index (χ3n) is 5.91. The smallest absolute Gasteiger partial charge is 0.132 e. The van der Waals surface area contributed by atoms with E-state index in [0.29, 0.717) is 11.4 Å². The molecule has 1 fully saturated rings. The van der Waals surface area contributed by atoms with E-state index in [4.69, 9.17) is 5.10 Å². The maximum absolute atomic E-state index is 14.3. The van der Waals surface area contributed by atoms with E-state index in [2.05, 4.69) is 39.4 Å². The number of hydrogen-bond donors (Lipinski definition) is 0. The average Bonchev–Trinajstić information content (AvgIpc) is 3.30. The Bertz CT molecular complexity index is 1130. The third kappa shape index (κ3) is 2.57. The minimum atomic E-state index is -0.177. The molecule has 138 valence electrons. The summed E-state index contributed by atoms with van der Waals surface area (Å²) in [5.74, 6) is -0.177. The van der Waals surface area contributed by atoms with E-state index in [9.17, 15) is 4.39 Å². The largest absolute Gasteiger partial charge is 0.315 e. The van der Waals surface area contributed by atoms with Crippen molar-refractivity contribution in [3.05, 3.63) is 60.2 Å². The van der Waals surface area contributed by atoms with Crippen molar-refractivity contribution in [2.45, 2.75) is 25.8 Å². The molecule has 5 heteroatoms. The second-order valence-electron chi connectivity index (χ2n) is 7.65. The van der Waals surface area contributed by atoms with Crippen molar-refractivity contribution in [3.8, 4) is 5.69 Å². The van der Waals surface area contributed by atoms with Crippen LogP contribution in [0.1, 0.15) is 24.4 Å². The maximum Gasteiger partial charge on any atom is 0.132 e. The number of benzene rings is 2. The lowest BCUT2D eigenvalue weighted by Crippen LogP contribution is -2.31. The summed E-state index contributed by atoms with van der Waals surface area (Å²) >= 11 is 0. The van der Waals surface area contributed by atoms with Gasteiger partial charge in [0.15, 0.2) is 0 Å². The van der Waals surface area contributed by atoms with Gasteiger partial charge in [0.1, 0.15) is 5.82 Å². The number of halogens is 1. The van der Waals surface area contributed by atoms with Crippen LogP contribution in [0.2, 0.25) is 0 Å². The Kier molecular flexibility index (Phi) is 3.79. The molecule has 1 aliphatic rings. The monoisotopic (exact) mass is 362 g/mol. The van der Waals surface area contributed by atoms with Gasteiger partial charge in [-0.3, -0.25) is 4.68 Å². The standard InChI is InChI=1S/C22H23FN4/c1-15-6-7-19(23)17-10-13-26(22(15)17)20-4-3-5-21-18(20)14-24-27(21)16-8-11-25(2)12-9-16/h3-7,10,13-14,16H,8-9,11-12H2,1-2H3. The van der Waals surface area contributed by atoms with Crippen molar-refractivity contribution >= 4 is 21.8 Å². The van der Waals surface area contributed by atoms with Crippen molar-refractivity contribution in [1.29, 1.82) is 0 Å². The number of aryl methyl sites for hydroxylation is 1. The first-order valence-electron chi connectivity index (χ1n) is 9.55. The van der Waals surface area contributed by atoms with Crippen LogP contribution in [0, 0.1) is 12.7 Å². The Morgan fingerprint density at radius 2 is 1.85 bits per heavy atom. The van der Waals surface area contributed by atoms with Gasteiger partial charge in [0.05, 0.1) is 29.0 Å². The van der Waals surface area contributed by atoms with Crippen LogP contribution in [0.25, 0.3) is 27.5 Å². The summed E-state index contributed by atoms with van der Waals surface area (Å²) in [5, 5.41) is 6.52. The minimum Gasteiger partial charge on any atom is -0.315 e. The van der Waals surface area contributed by atoms with Gasteiger partial charge in [0, 0.05) is 17.0 Å². The first-order valence-corrected chi connectivity index (χ1v) is 9.55. The van der Waals surface area contributed by atoms with E-state index < -0.39 is 0 Å². The van der Waals surface area contributed by atoms with Gasteiger partial charge in [-0.05, 0) is 69.7 Å². The van der Waals surface area contributed by atoms with Crippen molar-refractivity contribution in [3.63, 3.8) is 0 Å². The number of piperidine rings is 1. The van der Waals surface area contributed by atoms with Crippen molar-refractivity contribution in [2.24, 2.45) is 0 Å². The molecule has 1 aliphatic heterocycles. The fraction of sp³-hybridized carbons (Fsp3) is 0.318. The zero-order valence-corrected chi connectivity index (χ0v) is 15.7. The van der Waals surface area contributed by atoms with Crippen molar-refractivity contribution in [1.82, 2.24) is 19.2 Å². The zero-order valence-electron chi connectivity index (χ0n) is 15.7. The maximum atomic E-state index is 14.3. The summed E-state index contributed by atoms with van der Waals surface area (Å²) in [6.45, 7) is 4.24. The Balaban J connectivity index is 1.67. The van der Waals surface area contributed by atoms with Crippen LogP contribution < -0.4 is 0 Å². The molecule has 4 aromatic rings. The highest BCUT2D eigenvalue weighted by molar-refractivity contribution is 5.92. The van der Waals surface area contributed by atoms with Crippen LogP contribution in [0.4, 0.5) is 4.39 Å². The molecule has 3 heterocycles. The predicted molar refractivity (Wildman–Crippen MR) is 107 cm³/mol. The van der Waals surface area contributed by atoms with Crippen molar-refractivity contribution < 1.29 is 4.39 Å². The molecular formula is C22H23FN4. The lowest BCUT2D eigenvalue weighted by molar-refractivity contribution is 0.215. The predicted octanol–water partition coefficient (Wildman–Crippen LogP) is 4.69. The van der Waals surface area contributed by atoms with E-state index in [-0.39, 0.29) is 5.82 Å². The number of likely N-dealkylation sites (tertiary alicyclic amines) is 1. The van der Waals surface area contributed by atoms with Crippen LogP contribution in [-0.2, 0) is 0 Å². The molecule has 1 saturated heterocycles. The Morgan fingerprint density at radius 3 is 2.67 bits per heavy atom. The van der Waals surface area contributed by atoms with Crippen LogP contribution in [0.5, 0.6) is 0 Å². The molecule has 0 atom stereocenters. The van der Waals surface area contributed by atoms with Gasteiger partial charge in [0.2, 0.25) is 0 Å². The second kappa shape index (κ2) is 6.20. The molecule has 2 aromatic heterocycles. The molecule has 0 N–H and O–H groups in total. The number of nitrogens with zero attached hydrogens (tertiary/aromatic N) is 4. The fourth-order valence-corrected chi connectivity index (χ4v) is 4.39.